The number of para-hydroxylation sites is 1. The Labute approximate surface area is 257 Å². The van der Waals surface area contributed by atoms with Crippen LogP contribution in [-0.4, -0.2) is 76.7 Å². The molecule has 240 valence electrons. The maximum Gasteiger partial charge on any atom is 0.260 e. The molecule has 2 saturated heterocycles. The minimum Gasteiger partial charge on any atom is -0.343 e. The maximum atomic E-state index is 15.2. The molecule has 5 fully saturated rings. The molecular formula is C32H35F4N5O4. The number of carbonyl (C=O) groups excluding carboxylic acids is 4. The number of carbonyl (C=O) groups is 4. The van der Waals surface area contributed by atoms with Gasteiger partial charge in [0.05, 0.1) is 17.2 Å². The van der Waals surface area contributed by atoms with E-state index in [-0.39, 0.29) is 37.0 Å². The number of benzene rings is 1. The third kappa shape index (κ3) is 4.30. The van der Waals surface area contributed by atoms with Crippen molar-refractivity contribution in [2.24, 2.45) is 35.0 Å². The van der Waals surface area contributed by atoms with Gasteiger partial charge in [-0.25, -0.2) is 17.6 Å². The highest BCUT2D eigenvalue weighted by Crippen LogP contribution is 2.59. The fourth-order valence-corrected chi connectivity index (χ4v) is 8.99. The van der Waals surface area contributed by atoms with Crippen LogP contribution in [0.15, 0.2) is 18.2 Å². The van der Waals surface area contributed by atoms with Gasteiger partial charge in [-0.05, 0) is 53.6 Å². The van der Waals surface area contributed by atoms with Crippen molar-refractivity contribution in [1.82, 2.24) is 15.1 Å². The smallest absolute Gasteiger partial charge is 0.260 e. The minimum atomic E-state index is -3.14. The molecule has 0 radical (unpaired) electrons. The van der Waals surface area contributed by atoms with E-state index in [2.05, 4.69) is 16.7 Å². The van der Waals surface area contributed by atoms with Gasteiger partial charge in [0, 0.05) is 25.9 Å². The molecular weight excluding hydrogens is 594 g/mol. The van der Waals surface area contributed by atoms with Crippen LogP contribution in [0.25, 0.3) is 0 Å². The standard InChI is InChI=1S/C32H35F4N5O4/c1-30(2,3)25(39-26(42)19-10-32(19,35)36)28(44)40-12-17-14-7-16(21(34)8-14)22(17)24(40)27(43)41-13-31(9-15(41)11-37)18-5-4-6-20(33)23(18)38-29(31)45/h4-6,14-17,19,21-22,24-25H,7-10,12-13H2,1-3H3,(H,38,45)(H,39,42)/t14?,15?,16?,17?,19?,21?,22?,24?,25?,31-/m0/s1. The number of alkyl halides is 3. The molecule has 45 heavy (non-hydrogen) atoms. The average molecular weight is 630 g/mol. The quantitative estimate of drug-likeness (QED) is 0.496. The largest absolute Gasteiger partial charge is 0.343 e. The Morgan fingerprint density at radius 1 is 1.13 bits per heavy atom. The Balaban J connectivity index is 1.23. The maximum absolute atomic E-state index is 15.2. The van der Waals surface area contributed by atoms with Crippen molar-refractivity contribution >= 4 is 29.3 Å². The van der Waals surface area contributed by atoms with E-state index in [0.717, 1.165) is 0 Å². The van der Waals surface area contributed by atoms with Crippen LogP contribution in [0.2, 0.25) is 0 Å². The summed E-state index contributed by atoms with van der Waals surface area (Å²) >= 11 is 0. The molecule has 2 N–H and O–H groups in total. The molecule has 6 aliphatic rings. The Hall–Kier alpha value is -3.69. The number of nitrogens with one attached hydrogen (secondary N) is 2. The van der Waals surface area contributed by atoms with Crippen molar-refractivity contribution < 1.29 is 36.7 Å². The normalized spacial score (nSPS) is 37.7. The summed E-state index contributed by atoms with van der Waals surface area (Å²) in [7, 11) is 0. The number of nitriles is 1. The summed E-state index contributed by atoms with van der Waals surface area (Å²) in [6.07, 6.45) is -0.961. The van der Waals surface area contributed by atoms with Gasteiger partial charge in [-0.2, -0.15) is 5.26 Å². The van der Waals surface area contributed by atoms with Crippen molar-refractivity contribution in [1.29, 1.82) is 5.26 Å². The Morgan fingerprint density at radius 2 is 1.84 bits per heavy atom. The first-order valence-electron chi connectivity index (χ1n) is 15.5. The molecule has 1 aromatic carbocycles. The predicted octanol–water partition coefficient (Wildman–Crippen LogP) is 3.15. The fraction of sp³-hybridized carbons (Fsp3) is 0.656. The zero-order chi connectivity index (χ0) is 32.4. The molecule has 3 saturated carbocycles. The van der Waals surface area contributed by atoms with E-state index in [0.29, 0.717) is 18.4 Å². The van der Waals surface area contributed by atoms with Crippen LogP contribution in [0.5, 0.6) is 0 Å². The Kier molecular flexibility index (Phi) is 6.44. The van der Waals surface area contributed by atoms with E-state index in [4.69, 9.17) is 0 Å². The summed E-state index contributed by atoms with van der Waals surface area (Å²) in [6.45, 7) is 4.94. The number of hydrogen-bond acceptors (Lipinski definition) is 5. The van der Waals surface area contributed by atoms with Crippen molar-refractivity contribution in [3.05, 3.63) is 29.6 Å². The summed E-state index contributed by atoms with van der Waals surface area (Å²) in [5, 5.41) is 15.3. The lowest BCUT2D eigenvalue weighted by molar-refractivity contribution is -0.149. The third-order valence-electron chi connectivity index (χ3n) is 11.3. The highest BCUT2D eigenvalue weighted by atomic mass is 19.3. The van der Waals surface area contributed by atoms with Crippen LogP contribution in [0.4, 0.5) is 23.2 Å². The second-order valence-electron chi connectivity index (χ2n) is 14.9. The van der Waals surface area contributed by atoms with Gasteiger partial charge in [0.15, 0.2) is 0 Å². The molecule has 3 heterocycles. The molecule has 1 spiro atoms. The number of fused-ring (bicyclic) bond motifs is 7. The predicted molar refractivity (Wildman–Crippen MR) is 150 cm³/mol. The highest BCUT2D eigenvalue weighted by molar-refractivity contribution is 6.07. The van der Waals surface area contributed by atoms with E-state index >= 15 is 4.39 Å². The lowest BCUT2D eigenvalue weighted by atomic mass is 9.77. The first-order valence-corrected chi connectivity index (χ1v) is 15.5. The van der Waals surface area contributed by atoms with Crippen LogP contribution in [0.1, 0.15) is 52.0 Å². The third-order valence-corrected chi connectivity index (χ3v) is 11.3. The number of halogens is 4. The molecule has 2 bridgehead atoms. The van der Waals surface area contributed by atoms with Crippen LogP contribution in [0.3, 0.4) is 0 Å². The fourth-order valence-electron chi connectivity index (χ4n) is 8.99. The molecule has 3 aliphatic carbocycles. The van der Waals surface area contributed by atoms with Crippen molar-refractivity contribution in [2.45, 2.75) is 82.1 Å². The van der Waals surface area contributed by atoms with Gasteiger partial charge in [0.2, 0.25) is 23.6 Å². The molecule has 13 heteroatoms. The minimum absolute atomic E-state index is 0.00426. The summed E-state index contributed by atoms with van der Waals surface area (Å²) < 4.78 is 57.4. The average Bonchev–Trinajstić information content (AvgIpc) is 3.52. The Morgan fingerprint density at radius 3 is 2.49 bits per heavy atom. The number of likely N-dealkylation sites (tertiary alicyclic amines) is 2. The van der Waals surface area contributed by atoms with Crippen molar-refractivity contribution in [3.8, 4) is 6.07 Å². The molecule has 1 aromatic rings. The highest BCUT2D eigenvalue weighted by Gasteiger charge is 2.66. The van der Waals surface area contributed by atoms with Gasteiger partial charge in [-0.3, -0.25) is 19.2 Å². The van der Waals surface area contributed by atoms with E-state index < -0.39 is 94.7 Å². The molecule has 3 aliphatic heterocycles. The summed E-state index contributed by atoms with van der Waals surface area (Å²) in [5.41, 5.74) is -1.96. The van der Waals surface area contributed by atoms with Gasteiger partial charge >= 0.3 is 0 Å². The topological polar surface area (TPSA) is 123 Å². The summed E-state index contributed by atoms with van der Waals surface area (Å²) in [4.78, 5) is 57.7. The molecule has 10 atom stereocenters. The monoisotopic (exact) mass is 629 g/mol. The van der Waals surface area contributed by atoms with Crippen molar-refractivity contribution in [2.75, 3.05) is 18.4 Å². The first-order chi connectivity index (χ1) is 21.1. The lowest BCUT2D eigenvalue weighted by Gasteiger charge is -2.38. The number of hydrogen-bond donors (Lipinski definition) is 2. The second kappa shape index (κ2) is 9.66. The second-order valence-corrected chi connectivity index (χ2v) is 14.9. The lowest BCUT2D eigenvalue weighted by Crippen LogP contribution is -2.60. The SMILES string of the molecule is CC(C)(C)C(NC(=O)C1CC1(F)F)C(=O)N1CC2C3CC(F)C(C3)C2C1C(=O)N1C[C@]2(CC1C#N)C(=O)Nc1c(F)cccc12. The van der Waals surface area contributed by atoms with E-state index in [1.165, 1.54) is 21.9 Å². The molecule has 0 aromatic heterocycles. The number of amides is 4. The first kappa shape index (κ1) is 30.0. The van der Waals surface area contributed by atoms with Gasteiger partial charge in [0.25, 0.3) is 5.92 Å². The number of nitrogens with zero attached hydrogens (tertiary/aromatic N) is 3. The molecule has 9 unspecified atom stereocenters. The zero-order valence-electron chi connectivity index (χ0n) is 25.2. The van der Waals surface area contributed by atoms with E-state index in [9.17, 15) is 37.6 Å². The summed E-state index contributed by atoms with van der Waals surface area (Å²) in [6, 6.07) is 2.85. The van der Waals surface area contributed by atoms with Gasteiger partial charge in [-0.15, -0.1) is 0 Å². The molecule has 9 nitrogen and oxygen atoms in total. The van der Waals surface area contributed by atoms with Crippen LogP contribution >= 0.6 is 0 Å². The van der Waals surface area contributed by atoms with E-state index in [1.54, 1.807) is 26.8 Å². The number of rotatable bonds is 4. The zero-order valence-corrected chi connectivity index (χ0v) is 25.2. The van der Waals surface area contributed by atoms with Gasteiger partial charge in [0.1, 0.15) is 36.0 Å². The molecule has 7 rings (SSSR count). The Bertz CT molecular complexity index is 1560. The van der Waals surface area contributed by atoms with Crippen LogP contribution in [0, 0.1) is 52.2 Å². The van der Waals surface area contributed by atoms with E-state index in [1.807, 2.05) is 0 Å². The van der Waals surface area contributed by atoms with Gasteiger partial charge in [-0.1, -0.05) is 32.9 Å². The molecule has 4 amide bonds. The van der Waals surface area contributed by atoms with Crippen LogP contribution < -0.4 is 10.6 Å². The number of anilines is 1. The van der Waals surface area contributed by atoms with Crippen molar-refractivity contribution in [3.63, 3.8) is 0 Å². The summed E-state index contributed by atoms with van der Waals surface area (Å²) in [5.74, 6) is -9.29. The van der Waals surface area contributed by atoms with Crippen LogP contribution in [-0.2, 0) is 24.6 Å². The van der Waals surface area contributed by atoms with Gasteiger partial charge < -0.3 is 20.4 Å².